The Hall–Kier alpha value is -4.03. The molecule has 0 atom stereocenters. The lowest BCUT2D eigenvalue weighted by Gasteiger charge is -2.37. The maximum Gasteiger partial charge on any atom is 0.184 e. The molecule has 0 saturated carbocycles. The number of ether oxygens (including phenoxy) is 3. The fraction of sp³-hybridized carbons (Fsp3) is 0.250. The zero-order valence-corrected chi connectivity index (χ0v) is 21.3. The molecule has 4 aromatic carbocycles. The second-order valence-electron chi connectivity index (χ2n) is 9.68. The Labute approximate surface area is 223 Å². The van der Waals surface area contributed by atoms with Crippen LogP contribution in [0.15, 0.2) is 91.0 Å². The lowest BCUT2D eigenvalue weighted by molar-refractivity contribution is 0.171. The minimum atomic E-state index is -0.244. The largest absolute Gasteiger partial charge is 0.488 e. The number of piperazine rings is 1. The molecule has 38 heavy (non-hydrogen) atoms. The standard InChI is InChI=1S/C32H31FN2O3/c33-27-12-10-26(11-13-27)28-21-25(9-14-30(28)38-23-24-5-2-1-3-6-24)22-34-15-17-35(18-16-34)29-7-4-8-31-32(29)37-20-19-36-31/h1-14,21H,15-20,22-23H2. The molecule has 0 N–H and O–H groups in total. The van der Waals surface area contributed by atoms with E-state index in [1.54, 1.807) is 0 Å². The Morgan fingerprint density at radius 2 is 1.53 bits per heavy atom. The predicted molar refractivity (Wildman–Crippen MR) is 148 cm³/mol. The predicted octanol–water partition coefficient (Wildman–Crippen LogP) is 6.17. The van der Waals surface area contributed by atoms with Crippen LogP contribution in [0.3, 0.4) is 0 Å². The third kappa shape index (κ3) is 5.46. The molecule has 5 nitrogen and oxygen atoms in total. The summed E-state index contributed by atoms with van der Waals surface area (Å²) in [6.07, 6.45) is 0. The number of halogens is 1. The molecule has 2 heterocycles. The lowest BCUT2D eigenvalue weighted by atomic mass is 10.0. The van der Waals surface area contributed by atoms with Crippen LogP contribution >= 0.6 is 0 Å². The van der Waals surface area contributed by atoms with Crippen LogP contribution in [-0.2, 0) is 13.2 Å². The first-order chi connectivity index (χ1) is 18.7. The minimum Gasteiger partial charge on any atom is -0.488 e. The normalized spacial score (nSPS) is 15.3. The molecule has 4 aromatic rings. The molecule has 0 amide bonds. The summed E-state index contributed by atoms with van der Waals surface area (Å²) in [5.74, 6) is 2.25. The second kappa shape index (κ2) is 11.2. The van der Waals surface area contributed by atoms with Crippen molar-refractivity contribution in [2.75, 3.05) is 44.3 Å². The molecule has 2 aliphatic heterocycles. The van der Waals surface area contributed by atoms with Crippen LogP contribution in [0.1, 0.15) is 11.1 Å². The SMILES string of the molecule is Fc1ccc(-c2cc(CN3CCN(c4cccc5c4OCCO5)CC3)ccc2OCc2ccccc2)cc1. The first-order valence-corrected chi connectivity index (χ1v) is 13.1. The maximum atomic E-state index is 13.7. The second-order valence-corrected chi connectivity index (χ2v) is 9.68. The Balaban J connectivity index is 1.16. The Kier molecular flexibility index (Phi) is 7.14. The van der Waals surface area contributed by atoms with E-state index in [0.717, 1.165) is 72.4 Å². The van der Waals surface area contributed by atoms with Gasteiger partial charge in [0.2, 0.25) is 0 Å². The zero-order valence-electron chi connectivity index (χ0n) is 21.3. The number of anilines is 1. The van der Waals surface area contributed by atoms with Gasteiger partial charge in [-0.25, -0.2) is 4.39 Å². The highest BCUT2D eigenvalue weighted by molar-refractivity contribution is 5.71. The van der Waals surface area contributed by atoms with E-state index in [2.05, 4.69) is 40.1 Å². The molecule has 1 fully saturated rings. The van der Waals surface area contributed by atoms with Crippen LogP contribution < -0.4 is 19.1 Å². The van der Waals surface area contributed by atoms with E-state index in [9.17, 15) is 4.39 Å². The summed E-state index contributed by atoms with van der Waals surface area (Å²) in [6, 6.07) is 29.2. The lowest BCUT2D eigenvalue weighted by Crippen LogP contribution is -2.46. The topological polar surface area (TPSA) is 34.2 Å². The van der Waals surface area contributed by atoms with E-state index in [4.69, 9.17) is 14.2 Å². The van der Waals surface area contributed by atoms with Crippen molar-refractivity contribution in [1.29, 1.82) is 0 Å². The summed E-state index contributed by atoms with van der Waals surface area (Å²) in [4.78, 5) is 4.85. The number of benzene rings is 4. The van der Waals surface area contributed by atoms with Crippen molar-refractivity contribution in [3.8, 4) is 28.4 Å². The summed E-state index contributed by atoms with van der Waals surface area (Å²) in [6.45, 7) is 6.24. The van der Waals surface area contributed by atoms with E-state index in [1.807, 2.05) is 48.5 Å². The van der Waals surface area contributed by atoms with Gasteiger partial charge in [-0.3, -0.25) is 4.90 Å². The van der Waals surface area contributed by atoms with Crippen molar-refractivity contribution in [2.24, 2.45) is 0 Å². The van der Waals surface area contributed by atoms with Crippen molar-refractivity contribution < 1.29 is 18.6 Å². The highest BCUT2D eigenvalue weighted by Gasteiger charge is 2.24. The van der Waals surface area contributed by atoms with Gasteiger partial charge >= 0.3 is 0 Å². The third-order valence-electron chi connectivity index (χ3n) is 7.10. The van der Waals surface area contributed by atoms with Crippen LogP contribution in [0.2, 0.25) is 0 Å². The quantitative estimate of drug-likeness (QED) is 0.297. The minimum absolute atomic E-state index is 0.244. The molecule has 1 saturated heterocycles. The molecule has 194 valence electrons. The average molecular weight is 511 g/mol. The molecule has 0 bridgehead atoms. The van der Waals surface area contributed by atoms with Crippen molar-refractivity contribution in [2.45, 2.75) is 13.2 Å². The maximum absolute atomic E-state index is 13.7. The zero-order chi connectivity index (χ0) is 25.7. The first-order valence-electron chi connectivity index (χ1n) is 13.1. The molecule has 6 heteroatoms. The number of nitrogens with zero attached hydrogens (tertiary/aromatic N) is 2. The fourth-order valence-corrected chi connectivity index (χ4v) is 5.10. The van der Waals surface area contributed by atoms with Crippen LogP contribution in [-0.4, -0.2) is 44.3 Å². The number of para-hydroxylation sites is 1. The monoisotopic (exact) mass is 510 g/mol. The van der Waals surface area contributed by atoms with Gasteiger partial charge in [-0.15, -0.1) is 0 Å². The molecule has 2 aliphatic rings. The van der Waals surface area contributed by atoms with Crippen molar-refractivity contribution in [3.63, 3.8) is 0 Å². The van der Waals surface area contributed by atoms with E-state index in [1.165, 1.54) is 17.7 Å². The van der Waals surface area contributed by atoms with Gasteiger partial charge in [0.15, 0.2) is 11.5 Å². The van der Waals surface area contributed by atoms with Crippen LogP contribution in [0.4, 0.5) is 10.1 Å². The summed E-state index contributed by atoms with van der Waals surface area (Å²) < 4.78 is 31.6. The third-order valence-corrected chi connectivity index (χ3v) is 7.10. The Bertz CT molecular complexity index is 1370. The molecule has 0 spiro atoms. The van der Waals surface area contributed by atoms with Gasteiger partial charge in [0.05, 0.1) is 5.69 Å². The summed E-state index contributed by atoms with van der Waals surface area (Å²) in [5.41, 5.74) is 5.34. The van der Waals surface area contributed by atoms with E-state index in [-0.39, 0.29) is 5.82 Å². The Morgan fingerprint density at radius 3 is 2.34 bits per heavy atom. The summed E-state index contributed by atoms with van der Waals surface area (Å²) in [7, 11) is 0. The van der Waals surface area contributed by atoms with Gasteiger partial charge < -0.3 is 19.1 Å². The molecular weight excluding hydrogens is 479 g/mol. The average Bonchev–Trinajstić information content (AvgIpc) is 2.97. The van der Waals surface area contributed by atoms with Crippen molar-refractivity contribution in [3.05, 3.63) is 108 Å². The van der Waals surface area contributed by atoms with Gasteiger partial charge in [0, 0.05) is 38.3 Å². The highest BCUT2D eigenvalue weighted by Crippen LogP contribution is 2.40. The van der Waals surface area contributed by atoms with E-state index < -0.39 is 0 Å². The number of hydrogen-bond acceptors (Lipinski definition) is 5. The molecule has 0 aromatic heterocycles. The summed E-state index contributed by atoms with van der Waals surface area (Å²) >= 11 is 0. The molecular formula is C32H31FN2O3. The van der Waals surface area contributed by atoms with Crippen molar-refractivity contribution >= 4 is 5.69 Å². The smallest absolute Gasteiger partial charge is 0.184 e. The number of fused-ring (bicyclic) bond motifs is 1. The first kappa shape index (κ1) is 24.3. The van der Waals surface area contributed by atoms with E-state index in [0.29, 0.717) is 19.8 Å². The van der Waals surface area contributed by atoms with Crippen LogP contribution in [0.5, 0.6) is 17.2 Å². The van der Waals surface area contributed by atoms with Gasteiger partial charge in [0.1, 0.15) is 31.4 Å². The highest BCUT2D eigenvalue weighted by atomic mass is 19.1. The van der Waals surface area contributed by atoms with Gasteiger partial charge in [0.25, 0.3) is 0 Å². The van der Waals surface area contributed by atoms with Gasteiger partial charge in [-0.05, 0) is 53.1 Å². The molecule has 0 unspecified atom stereocenters. The van der Waals surface area contributed by atoms with Gasteiger partial charge in [-0.1, -0.05) is 54.6 Å². The fourth-order valence-electron chi connectivity index (χ4n) is 5.10. The Morgan fingerprint density at radius 1 is 0.737 bits per heavy atom. The van der Waals surface area contributed by atoms with Crippen molar-refractivity contribution in [1.82, 2.24) is 4.90 Å². The van der Waals surface area contributed by atoms with E-state index >= 15 is 0 Å². The summed E-state index contributed by atoms with van der Waals surface area (Å²) in [5, 5.41) is 0. The number of rotatable bonds is 7. The number of hydrogen-bond donors (Lipinski definition) is 0. The molecule has 6 rings (SSSR count). The molecule has 0 aliphatic carbocycles. The van der Waals surface area contributed by atoms with Crippen LogP contribution in [0.25, 0.3) is 11.1 Å². The van der Waals surface area contributed by atoms with Gasteiger partial charge in [-0.2, -0.15) is 0 Å². The van der Waals surface area contributed by atoms with Crippen LogP contribution in [0, 0.1) is 5.82 Å². The molecule has 0 radical (unpaired) electrons.